The van der Waals surface area contributed by atoms with E-state index in [0.717, 1.165) is 76.9 Å². The highest BCUT2D eigenvalue weighted by molar-refractivity contribution is 7.25. The SMILES string of the molecule is c1ccc(-c2nc(-c3ccc4c(c3)oc3ccccc34)nc(-n3c4c(-c5cccc(-c6ccc7sc8ccccc8c7c6)c5)cccc4c4c5ccccc5c5ccccc5c43)n2)cc1. The Morgan fingerprint density at radius 2 is 0.938 bits per heavy atom. The number of benzene rings is 10. The summed E-state index contributed by atoms with van der Waals surface area (Å²) in [6, 6.07) is 73.4. The van der Waals surface area contributed by atoms with Crippen molar-refractivity contribution in [3.05, 3.63) is 206 Å². The molecule has 0 fully saturated rings. The Labute approximate surface area is 376 Å². The van der Waals surface area contributed by atoms with Gasteiger partial charge in [0.2, 0.25) is 5.95 Å². The van der Waals surface area contributed by atoms with Crippen LogP contribution in [0.15, 0.2) is 211 Å². The third-order valence-corrected chi connectivity index (χ3v) is 14.2. The van der Waals surface area contributed by atoms with E-state index in [0.29, 0.717) is 17.6 Å². The number of para-hydroxylation sites is 2. The number of nitrogens with zero attached hydrogens (tertiary/aromatic N) is 4. The van der Waals surface area contributed by atoms with Crippen molar-refractivity contribution >= 4 is 96.8 Å². The Balaban J connectivity index is 1.07. The minimum Gasteiger partial charge on any atom is -0.456 e. The lowest BCUT2D eigenvalue weighted by molar-refractivity contribution is 0.669. The summed E-state index contributed by atoms with van der Waals surface area (Å²) in [6.07, 6.45) is 0. The molecule has 4 heterocycles. The molecule has 0 saturated carbocycles. The van der Waals surface area contributed by atoms with Crippen molar-refractivity contribution in [3.8, 4) is 51.0 Å². The first-order valence-corrected chi connectivity index (χ1v) is 22.7. The van der Waals surface area contributed by atoms with E-state index in [2.05, 4.69) is 174 Å². The van der Waals surface area contributed by atoms with Crippen LogP contribution >= 0.6 is 11.3 Å². The first kappa shape index (κ1) is 36.1. The molecule has 14 rings (SSSR count). The minimum atomic E-state index is 0.539. The monoisotopic (exact) mass is 846 g/mol. The second-order valence-corrected chi connectivity index (χ2v) is 17.8. The van der Waals surface area contributed by atoms with Crippen molar-refractivity contribution in [3.63, 3.8) is 0 Å². The van der Waals surface area contributed by atoms with E-state index in [1.807, 2.05) is 47.7 Å². The minimum absolute atomic E-state index is 0.539. The van der Waals surface area contributed by atoms with Crippen molar-refractivity contribution in [2.75, 3.05) is 0 Å². The quantitative estimate of drug-likeness (QED) is 0.162. The van der Waals surface area contributed by atoms with Gasteiger partial charge in [0.05, 0.1) is 11.0 Å². The van der Waals surface area contributed by atoms with Crippen LogP contribution in [0.25, 0.3) is 136 Å². The smallest absolute Gasteiger partial charge is 0.238 e. The summed E-state index contributed by atoms with van der Waals surface area (Å²) in [5.74, 6) is 1.69. The maximum Gasteiger partial charge on any atom is 0.238 e. The molecule has 0 bridgehead atoms. The molecule has 0 amide bonds. The van der Waals surface area contributed by atoms with Crippen LogP contribution in [0, 0.1) is 0 Å². The van der Waals surface area contributed by atoms with E-state index in [9.17, 15) is 0 Å². The van der Waals surface area contributed by atoms with E-state index in [1.54, 1.807) is 0 Å². The number of aromatic nitrogens is 4. The summed E-state index contributed by atoms with van der Waals surface area (Å²) in [5, 5.41) is 11.7. The molecule has 0 N–H and O–H groups in total. The molecule has 0 aliphatic rings. The summed E-state index contributed by atoms with van der Waals surface area (Å²) in [4.78, 5) is 16.1. The average Bonchev–Trinajstić information content (AvgIpc) is 4.06. The van der Waals surface area contributed by atoms with Crippen LogP contribution in [-0.2, 0) is 0 Å². The fourth-order valence-electron chi connectivity index (χ4n) is 10.1. The Morgan fingerprint density at radius 3 is 1.80 bits per heavy atom. The molecule has 0 unspecified atom stereocenters. The van der Waals surface area contributed by atoms with Gasteiger partial charge in [-0.2, -0.15) is 9.97 Å². The third kappa shape index (κ3) is 5.54. The standard InChI is InChI=1S/C59H34N4OS/c1-2-14-35(15-3-1)57-60-58(39-28-30-44-43-20-8-10-26-50(43)64-51(44)34-39)62-59(61-57)63-55-40(24-13-25-48(55)54-46-22-6-4-18-41(46)42-19-5-7-23-47(42)56(54)63)38-17-12-16-36(32-38)37-29-31-53-49(33-37)45-21-9-11-27-52(45)65-53/h1-34H. The lowest BCUT2D eigenvalue weighted by Crippen LogP contribution is -2.07. The van der Waals surface area contributed by atoms with Crippen molar-refractivity contribution in [1.29, 1.82) is 0 Å². The van der Waals surface area contributed by atoms with Crippen LogP contribution in [0.5, 0.6) is 0 Å². The molecular formula is C59H34N4OS. The molecule has 14 aromatic rings. The number of thiophene rings is 1. The van der Waals surface area contributed by atoms with Gasteiger partial charge in [0.15, 0.2) is 11.6 Å². The Kier molecular flexibility index (Phi) is 7.79. The predicted octanol–water partition coefficient (Wildman–Crippen LogP) is 16.2. The summed E-state index contributed by atoms with van der Waals surface area (Å²) >= 11 is 1.85. The van der Waals surface area contributed by atoms with Crippen LogP contribution in [0.1, 0.15) is 0 Å². The van der Waals surface area contributed by atoms with Crippen molar-refractivity contribution in [1.82, 2.24) is 19.5 Å². The zero-order valence-electron chi connectivity index (χ0n) is 34.7. The average molecular weight is 847 g/mol. The molecule has 302 valence electrons. The van der Waals surface area contributed by atoms with Crippen LogP contribution in [0.2, 0.25) is 0 Å². The highest BCUT2D eigenvalue weighted by atomic mass is 32.1. The second-order valence-electron chi connectivity index (χ2n) is 16.7. The highest BCUT2D eigenvalue weighted by Crippen LogP contribution is 2.46. The zero-order valence-corrected chi connectivity index (χ0v) is 35.6. The molecule has 0 aliphatic carbocycles. The van der Waals surface area contributed by atoms with Crippen molar-refractivity contribution in [2.24, 2.45) is 0 Å². The van der Waals surface area contributed by atoms with Crippen LogP contribution in [-0.4, -0.2) is 19.5 Å². The van der Waals surface area contributed by atoms with E-state index in [1.165, 1.54) is 41.9 Å². The third-order valence-electron chi connectivity index (χ3n) is 13.0. The van der Waals surface area contributed by atoms with Gasteiger partial charge in [-0.15, -0.1) is 11.3 Å². The predicted molar refractivity (Wildman–Crippen MR) is 271 cm³/mol. The van der Waals surface area contributed by atoms with E-state index >= 15 is 0 Å². The summed E-state index contributed by atoms with van der Waals surface area (Å²) in [5.41, 5.74) is 10.0. The van der Waals surface area contributed by atoms with Gasteiger partial charge in [-0.05, 0) is 75.3 Å². The molecule has 0 aliphatic heterocycles. The largest absolute Gasteiger partial charge is 0.456 e. The normalized spacial score (nSPS) is 12.0. The van der Waals surface area contributed by atoms with Gasteiger partial charge in [-0.3, -0.25) is 4.57 Å². The van der Waals surface area contributed by atoms with E-state index < -0.39 is 0 Å². The van der Waals surface area contributed by atoms with Gasteiger partial charge in [0.1, 0.15) is 11.2 Å². The summed E-state index contributed by atoms with van der Waals surface area (Å²) < 4.78 is 11.3. The van der Waals surface area contributed by atoms with Crippen LogP contribution in [0.4, 0.5) is 0 Å². The van der Waals surface area contributed by atoms with Crippen LogP contribution in [0.3, 0.4) is 0 Å². The molecule has 0 radical (unpaired) electrons. The highest BCUT2D eigenvalue weighted by Gasteiger charge is 2.24. The molecular weight excluding hydrogens is 813 g/mol. The fraction of sp³-hybridized carbons (Fsp3) is 0. The van der Waals surface area contributed by atoms with E-state index in [4.69, 9.17) is 19.4 Å². The van der Waals surface area contributed by atoms with Crippen molar-refractivity contribution < 1.29 is 4.42 Å². The molecule has 4 aromatic heterocycles. The number of fused-ring (bicyclic) bond motifs is 14. The molecule has 6 heteroatoms. The summed E-state index contributed by atoms with van der Waals surface area (Å²) in [6.45, 7) is 0. The maximum atomic E-state index is 6.40. The van der Waals surface area contributed by atoms with Crippen LogP contribution < -0.4 is 0 Å². The maximum absolute atomic E-state index is 6.40. The molecule has 0 saturated heterocycles. The number of hydrogen-bond acceptors (Lipinski definition) is 5. The van der Waals surface area contributed by atoms with Gasteiger partial charge in [-0.1, -0.05) is 164 Å². The van der Waals surface area contributed by atoms with Gasteiger partial charge in [-0.25, -0.2) is 4.98 Å². The lowest BCUT2D eigenvalue weighted by Gasteiger charge is -2.14. The fourth-order valence-corrected chi connectivity index (χ4v) is 11.2. The number of rotatable bonds is 5. The Bertz CT molecular complexity index is 4260. The first-order chi connectivity index (χ1) is 32.2. The van der Waals surface area contributed by atoms with E-state index in [-0.39, 0.29) is 0 Å². The lowest BCUT2D eigenvalue weighted by atomic mass is 9.95. The van der Waals surface area contributed by atoms with Gasteiger partial charge >= 0.3 is 0 Å². The van der Waals surface area contributed by atoms with Crippen molar-refractivity contribution in [2.45, 2.75) is 0 Å². The zero-order chi connectivity index (χ0) is 42.6. The first-order valence-electron chi connectivity index (χ1n) is 21.8. The Hall–Kier alpha value is -8.45. The molecule has 10 aromatic carbocycles. The molecule has 0 atom stereocenters. The molecule has 65 heavy (non-hydrogen) atoms. The van der Waals surface area contributed by atoms with Gasteiger partial charge in [0, 0.05) is 63.8 Å². The molecule has 5 nitrogen and oxygen atoms in total. The number of furan rings is 1. The van der Waals surface area contributed by atoms with Gasteiger partial charge in [0.25, 0.3) is 0 Å². The number of hydrogen-bond donors (Lipinski definition) is 0. The molecule has 0 spiro atoms. The van der Waals surface area contributed by atoms with Gasteiger partial charge < -0.3 is 4.42 Å². The second kappa shape index (κ2) is 14.0. The summed E-state index contributed by atoms with van der Waals surface area (Å²) in [7, 11) is 0. The Morgan fingerprint density at radius 1 is 0.338 bits per heavy atom. The topological polar surface area (TPSA) is 56.7 Å².